The number of halogens is 1. The minimum Gasteiger partial charge on any atom is -0.453 e. The van der Waals surface area contributed by atoms with E-state index in [1.165, 1.54) is 11.1 Å². The Hall–Kier alpha value is -1.10. The van der Waals surface area contributed by atoms with Crippen molar-refractivity contribution in [1.82, 2.24) is 4.90 Å². The van der Waals surface area contributed by atoms with Gasteiger partial charge in [0.15, 0.2) is 4.67 Å². The molecule has 3 nitrogen and oxygen atoms in total. The van der Waals surface area contributed by atoms with Gasteiger partial charge in [-0.15, -0.1) is 0 Å². The number of likely N-dealkylation sites (N-methyl/N-ethyl adjacent to an activating group) is 1. The van der Waals surface area contributed by atoms with Crippen LogP contribution in [0, 0.1) is 6.92 Å². The lowest BCUT2D eigenvalue weighted by Gasteiger charge is -2.25. The summed E-state index contributed by atoms with van der Waals surface area (Å²) in [5.74, 6) is 0.894. The van der Waals surface area contributed by atoms with E-state index in [0.29, 0.717) is 6.54 Å². The molecule has 0 fully saturated rings. The van der Waals surface area contributed by atoms with E-state index in [9.17, 15) is 0 Å². The first-order chi connectivity index (χ1) is 9.11. The summed E-state index contributed by atoms with van der Waals surface area (Å²) in [5, 5.41) is 0. The Kier molecular flexibility index (Phi) is 4.80. The summed E-state index contributed by atoms with van der Waals surface area (Å²) in [6, 6.07) is 12.4. The van der Waals surface area contributed by atoms with Gasteiger partial charge in [-0.2, -0.15) is 0 Å². The predicted molar refractivity (Wildman–Crippen MR) is 80.8 cm³/mol. The van der Waals surface area contributed by atoms with Crippen LogP contribution in [0.1, 0.15) is 22.9 Å². The van der Waals surface area contributed by atoms with Gasteiger partial charge in [-0.1, -0.05) is 24.3 Å². The molecule has 0 amide bonds. The van der Waals surface area contributed by atoms with Gasteiger partial charge in [-0.05, 0) is 53.2 Å². The van der Waals surface area contributed by atoms with Crippen molar-refractivity contribution >= 4 is 15.9 Å². The third-order valence-electron chi connectivity index (χ3n) is 3.36. The fourth-order valence-electron chi connectivity index (χ4n) is 2.19. The summed E-state index contributed by atoms with van der Waals surface area (Å²) in [4.78, 5) is 2.22. The Morgan fingerprint density at radius 1 is 1.26 bits per heavy atom. The summed E-state index contributed by atoms with van der Waals surface area (Å²) in [5.41, 5.74) is 8.50. The Balaban J connectivity index is 2.13. The van der Waals surface area contributed by atoms with Crippen LogP contribution in [0.15, 0.2) is 45.5 Å². The monoisotopic (exact) mass is 322 g/mol. The highest BCUT2D eigenvalue weighted by Gasteiger charge is 2.19. The van der Waals surface area contributed by atoms with Crippen molar-refractivity contribution in [3.8, 4) is 0 Å². The SMILES string of the molecule is Cc1ccccc1CN(C)C(CN)c1ccc(Br)o1. The highest BCUT2D eigenvalue weighted by molar-refractivity contribution is 9.10. The predicted octanol–water partition coefficient (Wildman–Crippen LogP) is 3.48. The summed E-state index contributed by atoms with van der Waals surface area (Å²) >= 11 is 3.33. The van der Waals surface area contributed by atoms with Crippen LogP contribution in [-0.4, -0.2) is 18.5 Å². The van der Waals surface area contributed by atoms with E-state index < -0.39 is 0 Å². The van der Waals surface area contributed by atoms with Crippen LogP contribution >= 0.6 is 15.9 Å². The van der Waals surface area contributed by atoms with E-state index >= 15 is 0 Å². The second-order valence-electron chi connectivity index (χ2n) is 4.73. The molecule has 0 aliphatic carbocycles. The molecule has 19 heavy (non-hydrogen) atoms. The number of hydrogen-bond donors (Lipinski definition) is 1. The first kappa shape index (κ1) is 14.3. The molecule has 0 spiro atoms. The molecule has 1 aromatic carbocycles. The summed E-state index contributed by atoms with van der Waals surface area (Å²) in [6.45, 7) is 3.51. The van der Waals surface area contributed by atoms with Crippen LogP contribution in [0.4, 0.5) is 0 Å². The van der Waals surface area contributed by atoms with Gasteiger partial charge in [0.25, 0.3) is 0 Å². The third-order valence-corrected chi connectivity index (χ3v) is 3.78. The van der Waals surface area contributed by atoms with Gasteiger partial charge in [0.2, 0.25) is 0 Å². The zero-order valence-electron chi connectivity index (χ0n) is 11.3. The average Bonchev–Trinajstić information content (AvgIpc) is 2.80. The third kappa shape index (κ3) is 3.47. The van der Waals surface area contributed by atoms with Crippen molar-refractivity contribution < 1.29 is 4.42 Å². The minimum atomic E-state index is 0.0888. The van der Waals surface area contributed by atoms with Crippen molar-refractivity contribution in [2.24, 2.45) is 5.73 Å². The molecular formula is C15H19BrN2O. The Bertz CT molecular complexity index is 538. The fourth-order valence-corrected chi connectivity index (χ4v) is 2.51. The standard InChI is InChI=1S/C15H19BrN2O/c1-11-5-3-4-6-12(11)10-18(2)13(9-17)14-7-8-15(16)19-14/h3-8,13H,9-10,17H2,1-2H3. The van der Waals surface area contributed by atoms with Crippen LogP contribution in [0.3, 0.4) is 0 Å². The lowest BCUT2D eigenvalue weighted by molar-refractivity contribution is 0.211. The van der Waals surface area contributed by atoms with Gasteiger partial charge in [-0.25, -0.2) is 0 Å². The van der Waals surface area contributed by atoms with Crippen molar-refractivity contribution in [1.29, 1.82) is 0 Å². The summed E-state index contributed by atoms with van der Waals surface area (Å²) in [7, 11) is 2.07. The van der Waals surface area contributed by atoms with Crippen molar-refractivity contribution in [3.05, 3.63) is 58.0 Å². The Labute approximate surface area is 122 Å². The highest BCUT2D eigenvalue weighted by Crippen LogP contribution is 2.25. The molecular weight excluding hydrogens is 304 g/mol. The second kappa shape index (κ2) is 6.37. The van der Waals surface area contributed by atoms with Gasteiger partial charge >= 0.3 is 0 Å². The van der Waals surface area contributed by atoms with Gasteiger partial charge in [-0.3, -0.25) is 4.90 Å². The maximum atomic E-state index is 5.89. The van der Waals surface area contributed by atoms with Crippen LogP contribution in [0.5, 0.6) is 0 Å². The van der Waals surface area contributed by atoms with Crippen LogP contribution < -0.4 is 5.73 Å². The molecule has 1 unspecified atom stereocenters. The molecule has 4 heteroatoms. The van der Waals surface area contributed by atoms with Crippen molar-refractivity contribution in [2.45, 2.75) is 19.5 Å². The van der Waals surface area contributed by atoms with E-state index in [-0.39, 0.29) is 6.04 Å². The summed E-state index contributed by atoms with van der Waals surface area (Å²) in [6.07, 6.45) is 0. The number of nitrogens with two attached hydrogens (primary N) is 1. The lowest BCUT2D eigenvalue weighted by Crippen LogP contribution is -2.30. The molecule has 1 aromatic heterocycles. The quantitative estimate of drug-likeness (QED) is 0.916. The number of furan rings is 1. The Morgan fingerprint density at radius 2 is 2.00 bits per heavy atom. The van der Waals surface area contributed by atoms with E-state index in [1.54, 1.807) is 0 Å². The van der Waals surface area contributed by atoms with Crippen LogP contribution in [0.25, 0.3) is 0 Å². The zero-order chi connectivity index (χ0) is 13.8. The maximum absolute atomic E-state index is 5.89. The highest BCUT2D eigenvalue weighted by atomic mass is 79.9. The first-order valence-corrected chi connectivity index (χ1v) is 7.11. The second-order valence-corrected chi connectivity index (χ2v) is 5.52. The molecule has 0 bridgehead atoms. The maximum Gasteiger partial charge on any atom is 0.169 e. The van der Waals surface area contributed by atoms with Gasteiger partial charge in [0, 0.05) is 13.1 Å². The van der Waals surface area contributed by atoms with Crippen molar-refractivity contribution in [3.63, 3.8) is 0 Å². The molecule has 0 radical (unpaired) electrons. The molecule has 2 aromatic rings. The van der Waals surface area contributed by atoms with Crippen LogP contribution in [0.2, 0.25) is 0 Å². The van der Waals surface area contributed by atoms with Gasteiger partial charge in [0.05, 0.1) is 6.04 Å². The molecule has 2 rings (SSSR count). The van der Waals surface area contributed by atoms with E-state index in [4.69, 9.17) is 10.2 Å². The zero-order valence-corrected chi connectivity index (χ0v) is 12.9. The smallest absolute Gasteiger partial charge is 0.169 e. The molecule has 2 N–H and O–H groups in total. The number of rotatable bonds is 5. The van der Waals surface area contributed by atoms with Crippen molar-refractivity contribution in [2.75, 3.05) is 13.6 Å². The molecule has 0 aliphatic rings. The van der Waals surface area contributed by atoms with Crippen LogP contribution in [-0.2, 0) is 6.54 Å². The molecule has 1 atom stereocenters. The lowest BCUT2D eigenvalue weighted by atomic mass is 10.1. The van der Waals surface area contributed by atoms with E-state index in [1.807, 2.05) is 12.1 Å². The minimum absolute atomic E-state index is 0.0888. The molecule has 0 aliphatic heterocycles. The van der Waals surface area contributed by atoms with Gasteiger partial charge in [0.1, 0.15) is 5.76 Å². The normalized spacial score (nSPS) is 12.9. The number of hydrogen-bond acceptors (Lipinski definition) is 3. The van der Waals surface area contributed by atoms with E-state index in [2.05, 4.69) is 59.1 Å². The largest absolute Gasteiger partial charge is 0.453 e. The Morgan fingerprint density at radius 3 is 2.58 bits per heavy atom. The molecule has 0 saturated carbocycles. The summed E-state index contributed by atoms with van der Waals surface area (Å²) < 4.78 is 6.36. The molecule has 1 heterocycles. The van der Waals surface area contributed by atoms with Gasteiger partial charge < -0.3 is 10.2 Å². The van der Waals surface area contributed by atoms with E-state index in [0.717, 1.165) is 17.0 Å². The average molecular weight is 323 g/mol. The topological polar surface area (TPSA) is 42.4 Å². The number of aryl methyl sites for hydroxylation is 1. The molecule has 0 saturated heterocycles. The fraction of sp³-hybridized carbons (Fsp3) is 0.333. The molecule has 102 valence electrons. The number of benzene rings is 1. The number of nitrogens with zero attached hydrogens (tertiary/aromatic N) is 1. The first-order valence-electron chi connectivity index (χ1n) is 6.32.